The number of allylic oxidation sites excluding steroid dienone is 4. The van der Waals surface area contributed by atoms with Crippen LogP contribution < -0.4 is 0 Å². The molecule has 29 heavy (non-hydrogen) atoms. The van der Waals surface area contributed by atoms with E-state index in [1.165, 1.54) is 32.1 Å². The van der Waals surface area contributed by atoms with Crippen LogP contribution in [-0.4, -0.2) is 11.2 Å². The number of rotatable bonds is 4. The molecule has 0 radical (unpaired) electrons. The van der Waals surface area contributed by atoms with Crippen molar-refractivity contribution in [3.63, 3.8) is 0 Å². The van der Waals surface area contributed by atoms with Crippen molar-refractivity contribution in [2.75, 3.05) is 0 Å². The minimum absolute atomic E-state index is 0.0696. The summed E-state index contributed by atoms with van der Waals surface area (Å²) in [7, 11) is 0. The maximum atomic E-state index is 10.2. The lowest BCUT2D eigenvalue weighted by Crippen LogP contribution is -2.52. The molecule has 4 aliphatic rings. The third-order valence-corrected chi connectivity index (χ3v) is 10.6. The molecule has 0 bridgehead atoms. The summed E-state index contributed by atoms with van der Waals surface area (Å²) in [6.07, 6.45) is 19.1. The molecule has 0 aromatic heterocycles. The minimum Gasteiger partial charge on any atom is -0.393 e. The highest BCUT2D eigenvalue weighted by Crippen LogP contribution is 2.66. The summed E-state index contributed by atoms with van der Waals surface area (Å²) in [6, 6.07) is 0. The fraction of sp³-hybridized carbons (Fsp3) is 0.857. The monoisotopic (exact) mass is 398 g/mol. The summed E-state index contributed by atoms with van der Waals surface area (Å²) in [4.78, 5) is 0. The second kappa shape index (κ2) is 7.85. The van der Waals surface area contributed by atoms with Crippen molar-refractivity contribution in [3.8, 4) is 0 Å². The van der Waals surface area contributed by atoms with Gasteiger partial charge in [0.25, 0.3) is 0 Å². The van der Waals surface area contributed by atoms with E-state index in [-0.39, 0.29) is 6.10 Å². The number of aliphatic hydroxyl groups is 1. The summed E-state index contributed by atoms with van der Waals surface area (Å²) in [5, 5.41) is 10.2. The largest absolute Gasteiger partial charge is 0.393 e. The molecule has 4 rings (SSSR count). The first-order valence-corrected chi connectivity index (χ1v) is 12.7. The molecule has 0 spiro atoms. The molecule has 0 aromatic carbocycles. The maximum absolute atomic E-state index is 10.2. The number of aliphatic hydroxyl groups excluding tert-OH is 1. The molecular formula is C28H46O. The van der Waals surface area contributed by atoms with Crippen molar-refractivity contribution in [2.24, 2.45) is 58.2 Å². The van der Waals surface area contributed by atoms with Gasteiger partial charge in [-0.25, -0.2) is 0 Å². The molecule has 3 fully saturated rings. The molecule has 0 aliphatic heterocycles. The van der Waals surface area contributed by atoms with Gasteiger partial charge in [-0.1, -0.05) is 65.8 Å². The molecular weight excluding hydrogens is 352 g/mol. The lowest BCUT2D eigenvalue weighted by Gasteiger charge is -2.59. The number of hydrogen-bond acceptors (Lipinski definition) is 1. The van der Waals surface area contributed by atoms with Crippen molar-refractivity contribution in [1.82, 2.24) is 0 Å². The van der Waals surface area contributed by atoms with Crippen molar-refractivity contribution in [1.29, 1.82) is 0 Å². The van der Waals surface area contributed by atoms with E-state index in [2.05, 4.69) is 65.8 Å². The molecule has 10 atom stereocenters. The summed E-state index contributed by atoms with van der Waals surface area (Å²) in [5.74, 6) is 6.04. The van der Waals surface area contributed by atoms with E-state index >= 15 is 0 Å². The quantitative estimate of drug-likeness (QED) is 0.494. The molecule has 0 heterocycles. The molecule has 1 nitrogen and oxygen atoms in total. The third-order valence-electron chi connectivity index (χ3n) is 10.6. The van der Waals surface area contributed by atoms with Gasteiger partial charge >= 0.3 is 0 Å². The average Bonchev–Trinajstić information content (AvgIpc) is 3.03. The van der Waals surface area contributed by atoms with Gasteiger partial charge in [0.15, 0.2) is 0 Å². The standard InChI is InChI=1S/C28H46O/c1-18(2)19(3)7-8-20(4)24-11-12-25-23-10-9-21-17-22(29)13-15-27(21,5)26(23)14-16-28(24,25)6/h7-10,18-26,29H,11-17H2,1-6H3/b8-7+/t19-,20+,21?,22-,23-,24+,25-,26-,27-,28+/m0/s1. The Kier molecular flexibility index (Phi) is 5.86. The van der Waals surface area contributed by atoms with Gasteiger partial charge in [-0.15, -0.1) is 0 Å². The van der Waals surface area contributed by atoms with Crippen molar-refractivity contribution in [2.45, 2.75) is 92.6 Å². The van der Waals surface area contributed by atoms with Crippen molar-refractivity contribution >= 4 is 0 Å². The van der Waals surface area contributed by atoms with Crippen LogP contribution in [0.15, 0.2) is 24.3 Å². The second-order valence-electron chi connectivity index (χ2n) is 12.3. The molecule has 1 N–H and O–H groups in total. The lowest BCUT2D eigenvalue weighted by atomic mass is 9.46. The molecule has 4 aliphatic carbocycles. The first-order valence-electron chi connectivity index (χ1n) is 12.7. The molecule has 1 heteroatoms. The smallest absolute Gasteiger partial charge is 0.0546 e. The Labute approximate surface area is 180 Å². The Bertz CT molecular complexity index is 647. The van der Waals surface area contributed by atoms with Crippen LogP contribution in [0.2, 0.25) is 0 Å². The predicted molar refractivity (Wildman–Crippen MR) is 123 cm³/mol. The second-order valence-corrected chi connectivity index (χ2v) is 12.3. The first-order chi connectivity index (χ1) is 13.7. The normalized spacial score (nSPS) is 49.0. The van der Waals surface area contributed by atoms with E-state index in [1.807, 2.05) is 0 Å². The van der Waals surface area contributed by atoms with Gasteiger partial charge < -0.3 is 5.11 Å². The molecule has 1 unspecified atom stereocenters. The van der Waals surface area contributed by atoms with E-state index in [0.29, 0.717) is 28.6 Å². The van der Waals surface area contributed by atoms with Crippen LogP contribution in [0.3, 0.4) is 0 Å². The van der Waals surface area contributed by atoms with Gasteiger partial charge in [0.2, 0.25) is 0 Å². The SMILES string of the molecule is CC(C)[C@@H](C)/C=C/[C@@H](C)[C@H]1CC[C@H]2[C@@H]3C=CC4C[C@@H](O)CC[C@]4(C)[C@H]3CC[C@]12C. The van der Waals surface area contributed by atoms with Gasteiger partial charge in [-0.3, -0.25) is 0 Å². The fourth-order valence-electron chi connectivity index (χ4n) is 8.21. The molecule has 164 valence electrons. The Morgan fingerprint density at radius 3 is 2.28 bits per heavy atom. The third kappa shape index (κ3) is 3.58. The van der Waals surface area contributed by atoms with Crippen LogP contribution >= 0.6 is 0 Å². The average molecular weight is 399 g/mol. The zero-order valence-electron chi connectivity index (χ0n) is 19.9. The Balaban J connectivity index is 1.53. The van der Waals surface area contributed by atoms with Crippen LogP contribution in [0, 0.1) is 58.2 Å². The highest BCUT2D eigenvalue weighted by atomic mass is 16.3. The van der Waals surface area contributed by atoms with Gasteiger partial charge in [-0.05, 0) is 103 Å². The van der Waals surface area contributed by atoms with E-state index in [9.17, 15) is 5.11 Å². The van der Waals surface area contributed by atoms with Gasteiger partial charge in [0.05, 0.1) is 6.10 Å². The Morgan fingerprint density at radius 1 is 0.862 bits per heavy atom. The van der Waals surface area contributed by atoms with Crippen molar-refractivity contribution < 1.29 is 5.11 Å². The summed E-state index contributed by atoms with van der Waals surface area (Å²) < 4.78 is 0. The van der Waals surface area contributed by atoms with Gasteiger partial charge in [0.1, 0.15) is 0 Å². The van der Waals surface area contributed by atoms with Crippen molar-refractivity contribution in [3.05, 3.63) is 24.3 Å². The first kappa shape index (κ1) is 21.7. The highest BCUT2D eigenvalue weighted by Gasteiger charge is 2.59. The number of hydrogen-bond donors (Lipinski definition) is 1. The summed E-state index contributed by atoms with van der Waals surface area (Å²) >= 11 is 0. The predicted octanol–water partition coefficient (Wildman–Crippen LogP) is 7.27. The van der Waals surface area contributed by atoms with Crippen LogP contribution in [0.4, 0.5) is 0 Å². The van der Waals surface area contributed by atoms with Crippen LogP contribution in [0.5, 0.6) is 0 Å². The van der Waals surface area contributed by atoms with E-state index in [1.54, 1.807) is 0 Å². The van der Waals surface area contributed by atoms with Gasteiger partial charge in [-0.2, -0.15) is 0 Å². The Hall–Kier alpha value is -0.560. The minimum atomic E-state index is -0.0696. The molecule has 3 saturated carbocycles. The zero-order valence-corrected chi connectivity index (χ0v) is 19.9. The lowest BCUT2D eigenvalue weighted by molar-refractivity contribution is -0.0795. The number of fused-ring (bicyclic) bond motifs is 5. The fourth-order valence-corrected chi connectivity index (χ4v) is 8.21. The van der Waals surface area contributed by atoms with E-state index < -0.39 is 0 Å². The summed E-state index contributed by atoms with van der Waals surface area (Å²) in [6.45, 7) is 14.7. The molecule has 0 amide bonds. The van der Waals surface area contributed by atoms with E-state index in [0.717, 1.165) is 42.4 Å². The summed E-state index contributed by atoms with van der Waals surface area (Å²) in [5.41, 5.74) is 0.935. The molecule has 0 saturated heterocycles. The van der Waals surface area contributed by atoms with Crippen LogP contribution in [0.1, 0.15) is 86.5 Å². The van der Waals surface area contributed by atoms with Crippen LogP contribution in [-0.2, 0) is 0 Å². The zero-order chi connectivity index (χ0) is 21.0. The van der Waals surface area contributed by atoms with Gasteiger partial charge in [0, 0.05) is 0 Å². The van der Waals surface area contributed by atoms with Crippen LogP contribution in [0.25, 0.3) is 0 Å². The van der Waals surface area contributed by atoms with E-state index in [4.69, 9.17) is 0 Å². The highest BCUT2D eigenvalue weighted by molar-refractivity contribution is 5.18. The Morgan fingerprint density at radius 2 is 1.55 bits per heavy atom. The topological polar surface area (TPSA) is 20.2 Å². The maximum Gasteiger partial charge on any atom is 0.0546 e. The molecule has 0 aromatic rings.